The highest BCUT2D eigenvalue weighted by Gasteiger charge is 2.73. The smallest absolute Gasteiger partial charge is 0.409 e. The van der Waals surface area contributed by atoms with Gasteiger partial charge in [0.25, 0.3) is 0 Å². The Balaban J connectivity index is 1.78. The molecule has 2 amide bonds. The van der Waals surface area contributed by atoms with E-state index in [9.17, 15) is 19.5 Å². The summed E-state index contributed by atoms with van der Waals surface area (Å²) >= 11 is 0. The quantitative estimate of drug-likeness (QED) is 0.518. The van der Waals surface area contributed by atoms with Gasteiger partial charge in [-0.3, -0.25) is 14.5 Å². The second-order valence-electron chi connectivity index (χ2n) is 9.32. The maximum absolute atomic E-state index is 13.0. The number of carbonyl (C=O) groups excluding carboxylic acids is 3. The second kappa shape index (κ2) is 8.75. The van der Waals surface area contributed by atoms with Crippen LogP contribution in [0.15, 0.2) is 30.3 Å². The summed E-state index contributed by atoms with van der Waals surface area (Å²) < 4.78 is 22.2. The molecule has 3 atom stereocenters. The van der Waals surface area contributed by atoms with Gasteiger partial charge in [0.1, 0.15) is 5.69 Å². The molecule has 0 unspecified atom stereocenters. The number of esters is 1. The van der Waals surface area contributed by atoms with Crippen molar-refractivity contribution in [1.29, 1.82) is 0 Å². The molecule has 3 N–H and O–H groups in total. The first-order valence-electron chi connectivity index (χ1n) is 11.9. The molecule has 5 rings (SSSR count). The van der Waals surface area contributed by atoms with Crippen LogP contribution in [0.3, 0.4) is 0 Å². The minimum atomic E-state index is -1.29. The summed E-state index contributed by atoms with van der Waals surface area (Å²) in [6.45, 7) is 1.64. The Labute approximate surface area is 213 Å². The fourth-order valence-electron chi connectivity index (χ4n) is 6.25. The molecule has 0 saturated carbocycles. The lowest BCUT2D eigenvalue weighted by molar-refractivity contribution is -0.142. The van der Waals surface area contributed by atoms with E-state index in [-0.39, 0.29) is 35.9 Å². The van der Waals surface area contributed by atoms with Gasteiger partial charge >= 0.3 is 12.1 Å². The van der Waals surface area contributed by atoms with Crippen LogP contribution in [0.2, 0.25) is 0 Å². The summed E-state index contributed by atoms with van der Waals surface area (Å²) in [5.41, 5.74) is 0.390. The van der Waals surface area contributed by atoms with Gasteiger partial charge in [-0.15, -0.1) is 0 Å². The van der Waals surface area contributed by atoms with Crippen LogP contribution in [-0.2, 0) is 24.5 Å². The maximum atomic E-state index is 13.0. The van der Waals surface area contributed by atoms with Crippen LogP contribution in [0.25, 0.3) is 0 Å². The highest BCUT2D eigenvalue weighted by Crippen LogP contribution is 2.67. The van der Waals surface area contributed by atoms with Crippen molar-refractivity contribution in [1.82, 2.24) is 4.90 Å². The van der Waals surface area contributed by atoms with Crippen LogP contribution in [-0.4, -0.2) is 67.6 Å². The molecular weight excluding hydrogens is 482 g/mol. The number of amides is 2. The number of para-hydroxylation sites is 1. The van der Waals surface area contributed by atoms with Gasteiger partial charge in [-0.1, -0.05) is 18.2 Å². The normalized spacial score (nSPS) is 24.4. The molecular formula is C26H29N3O8. The van der Waals surface area contributed by atoms with E-state index in [0.29, 0.717) is 24.3 Å². The first-order valence-corrected chi connectivity index (χ1v) is 11.9. The van der Waals surface area contributed by atoms with E-state index in [0.717, 1.165) is 11.3 Å². The number of nitrogens with one attached hydrogen (secondary N) is 2. The number of methoxy groups -OCH3 is 3. The van der Waals surface area contributed by atoms with Gasteiger partial charge in [0.05, 0.1) is 32.8 Å². The third kappa shape index (κ3) is 3.29. The van der Waals surface area contributed by atoms with Crippen molar-refractivity contribution in [3.63, 3.8) is 0 Å². The molecule has 1 saturated heterocycles. The number of piperidine rings is 1. The molecule has 2 aromatic rings. The Hall–Kier alpha value is -4.15. The number of phenols is 1. The molecule has 0 aliphatic carbocycles. The monoisotopic (exact) mass is 511 g/mol. The summed E-state index contributed by atoms with van der Waals surface area (Å²) in [5.74, 6) is -0.591. The number of ether oxygens (including phenoxy) is 4. The number of phenolic OH excluding ortho intramolecular Hbond substituents is 1. The molecule has 0 aromatic heterocycles. The number of likely N-dealkylation sites (tertiary alicyclic amines) is 1. The molecule has 2 aromatic carbocycles. The van der Waals surface area contributed by atoms with Gasteiger partial charge in [0, 0.05) is 31.1 Å². The average molecular weight is 512 g/mol. The fraction of sp³-hybridized carbons (Fsp3) is 0.423. The molecule has 0 bridgehead atoms. The number of fused-ring (bicyclic) bond motifs is 2. The molecule has 11 heteroatoms. The lowest BCUT2D eigenvalue weighted by atomic mass is 9.63. The van der Waals surface area contributed by atoms with Crippen molar-refractivity contribution < 1.29 is 38.4 Å². The number of hydrogen-bond donors (Lipinski definition) is 3. The molecule has 0 spiro atoms. The maximum Gasteiger partial charge on any atom is 0.409 e. The SMILES string of the molecule is COC(=O)CC[C@@H]1N(C(=O)OC)CC[C@]23c4ccccc4N[C@]12Oc1c3cc(O)c(OC)c1NC(C)=O. The summed E-state index contributed by atoms with van der Waals surface area (Å²) in [4.78, 5) is 38.9. The topological polar surface area (TPSA) is 136 Å². The van der Waals surface area contributed by atoms with Crippen molar-refractivity contribution >= 4 is 29.3 Å². The molecule has 3 heterocycles. The Morgan fingerprint density at radius 3 is 2.62 bits per heavy atom. The Morgan fingerprint density at radius 2 is 1.95 bits per heavy atom. The van der Waals surface area contributed by atoms with Crippen LogP contribution in [0.4, 0.5) is 16.2 Å². The predicted molar refractivity (Wildman–Crippen MR) is 132 cm³/mol. The van der Waals surface area contributed by atoms with Gasteiger partial charge in [-0.2, -0.15) is 0 Å². The molecule has 196 valence electrons. The van der Waals surface area contributed by atoms with Crippen molar-refractivity contribution in [2.75, 3.05) is 38.5 Å². The summed E-state index contributed by atoms with van der Waals surface area (Å²) in [6, 6.07) is 8.61. The molecule has 3 aliphatic rings. The molecule has 0 radical (unpaired) electrons. The van der Waals surface area contributed by atoms with E-state index in [2.05, 4.69) is 10.6 Å². The molecule has 11 nitrogen and oxygen atoms in total. The number of carbonyl (C=O) groups is 3. The Bertz CT molecular complexity index is 1300. The Kier molecular flexibility index (Phi) is 5.81. The Morgan fingerprint density at radius 1 is 1.19 bits per heavy atom. The van der Waals surface area contributed by atoms with E-state index in [1.54, 1.807) is 11.0 Å². The van der Waals surface area contributed by atoms with E-state index in [1.165, 1.54) is 28.3 Å². The zero-order chi connectivity index (χ0) is 26.5. The van der Waals surface area contributed by atoms with Crippen LogP contribution < -0.4 is 20.1 Å². The van der Waals surface area contributed by atoms with E-state index >= 15 is 0 Å². The lowest BCUT2D eigenvalue weighted by Gasteiger charge is -2.52. The first kappa shape index (κ1) is 24.5. The average Bonchev–Trinajstić information content (AvgIpc) is 3.34. The first-order chi connectivity index (χ1) is 17.7. The third-order valence-electron chi connectivity index (χ3n) is 7.61. The summed E-state index contributed by atoms with van der Waals surface area (Å²) in [6.07, 6.45) is 0.0887. The second-order valence-corrected chi connectivity index (χ2v) is 9.32. The van der Waals surface area contributed by atoms with Crippen molar-refractivity contribution in [3.8, 4) is 17.2 Å². The summed E-state index contributed by atoms with van der Waals surface area (Å²) in [5, 5.41) is 17.2. The minimum Gasteiger partial charge on any atom is -0.504 e. The van der Waals surface area contributed by atoms with Gasteiger partial charge in [-0.05, 0) is 30.5 Å². The van der Waals surface area contributed by atoms with E-state index in [4.69, 9.17) is 18.9 Å². The standard InChI is InChI=1S/C26H29N3O8/c1-14(30)27-21-22-16(13-18(31)23(21)35-3)25-11-12-29(24(33)36-4)19(9-10-20(32)34-2)26(25,37-22)28-17-8-6-5-7-15(17)25/h5-8,13,19,28,31H,9-12H2,1-4H3,(H,27,30)/t19-,25+,26-/m0/s1. The van der Waals surface area contributed by atoms with Crippen molar-refractivity contribution in [2.24, 2.45) is 0 Å². The van der Waals surface area contributed by atoms with Crippen LogP contribution >= 0.6 is 0 Å². The van der Waals surface area contributed by atoms with E-state index in [1.807, 2.05) is 24.3 Å². The van der Waals surface area contributed by atoms with Gasteiger partial charge < -0.3 is 34.7 Å². The number of nitrogens with zero attached hydrogens (tertiary/aromatic N) is 1. The number of rotatable bonds is 5. The van der Waals surface area contributed by atoms with E-state index < -0.39 is 29.2 Å². The fourth-order valence-corrected chi connectivity index (χ4v) is 6.25. The molecule has 1 fully saturated rings. The van der Waals surface area contributed by atoms with Crippen molar-refractivity contribution in [3.05, 3.63) is 41.5 Å². The number of benzene rings is 2. The number of hydrogen-bond acceptors (Lipinski definition) is 9. The van der Waals surface area contributed by atoms with Crippen molar-refractivity contribution in [2.45, 2.75) is 43.4 Å². The minimum absolute atomic E-state index is 0.0251. The van der Waals surface area contributed by atoms with Gasteiger partial charge in [-0.25, -0.2) is 4.79 Å². The predicted octanol–water partition coefficient (Wildman–Crippen LogP) is 2.95. The van der Waals surface area contributed by atoms with Crippen LogP contribution in [0, 0.1) is 0 Å². The lowest BCUT2D eigenvalue weighted by Crippen LogP contribution is -2.71. The largest absolute Gasteiger partial charge is 0.504 e. The number of anilines is 2. The summed E-state index contributed by atoms with van der Waals surface area (Å²) in [7, 11) is 4.00. The van der Waals surface area contributed by atoms with Crippen LogP contribution in [0.5, 0.6) is 17.2 Å². The van der Waals surface area contributed by atoms with Gasteiger partial charge in [0.2, 0.25) is 11.6 Å². The van der Waals surface area contributed by atoms with Gasteiger partial charge in [0.15, 0.2) is 17.2 Å². The third-order valence-corrected chi connectivity index (χ3v) is 7.61. The zero-order valence-electron chi connectivity index (χ0n) is 21.0. The molecule has 37 heavy (non-hydrogen) atoms. The highest BCUT2D eigenvalue weighted by atomic mass is 16.6. The highest BCUT2D eigenvalue weighted by molar-refractivity contribution is 5.95. The number of aromatic hydroxyl groups is 1. The molecule has 3 aliphatic heterocycles. The van der Waals surface area contributed by atoms with Crippen LogP contribution in [0.1, 0.15) is 37.3 Å². The zero-order valence-corrected chi connectivity index (χ0v) is 21.0.